The number of benzene rings is 2. The minimum atomic E-state index is -0.991. The van der Waals surface area contributed by atoms with E-state index in [1.54, 1.807) is 77.6 Å². The van der Waals surface area contributed by atoms with Crippen molar-refractivity contribution in [3.8, 4) is 5.75 Å². The second-order valence-electron chi connectivity index (χ2n) is 8.80. The third-order valence-corrected chi connectivity index (χ3v) is 6.72. The summed E-state index contributed by atoms with van der Waals surface area (Å²) in [5.41, 5.74) is 0.0702. The van der Waals surface area contributed by atoms with Gasteiger partial charge in [0.25, 0.3) is 11.8 Å². The summed E-state index contributed by atoms with van der Waals surface area (Å²) in [6.45, 7) is 0.794. The Morgan fingerprint density at radius 3 is 2.31 bits per heavy atom. The van der Waals surface area contributed by atoms with E-state index in [-0.39, 0.29) is 30.1 Å². The van der Waals surface area contributed by atoms with Gasteiger partial charge in [0, 0.05) is 37.2 Å². The minimum absolute atomic E-state index is 0.0622. The van der Waals surface area contributed by atoms with Crippen LogP contribution >= 0.6 is 0 Å². The van der Waals surface area contributed by atoms with Crippen molar-refractivity contribution in [3.63, 3.8) is 0 Å². The van der Waals surface area contributed by atoms with Crippen molar-refractivity contribution < 1.29 is 28.3 Å². The minimum Gasteiger partial charge on any atom is -0.497 e. The van der Waals surface area contributed by atoms with Crippen LogP contribution in [0.4, 0.5) is 5.69 Å². The Balaban J connectivity index is 1.38. The summed E-state index contributed by atoms with van der Waals surface area (Å²) < 4.78 is 16.7. The Hall–Kier alpha value is -4.11. The number of furan rings is 1. The molecule has 0 unspecified atom stereocenters. The molecule has 1 atom stereocenters. The normalized spacial score (nSPS) is 18.8. The summed E-state index contributed by atoms with van der Waals surface area (Å²) in [6, 6.07) is 18.3. The van der Waals surface area contributed by atoms with Gasteiger partial charge in [0.2, 0.25) is 5.91 Å². The second-order valence-corrected chi connectivity index (χ2v) is 8.80. The zero-order valence-electron chi connectivity index (χ0n) is 19.9. The number of methoxy groups -OCH3 is 1. The molecule has 0 bridgehead atoms. The van der Waals surface area contributed by atoms with Crippen LogP contribution < -0.4 is 10.1 Å². The van der Waals surface area contributed by atoms with E-state index in [2.05, 4.69) is 5.32 Å². The second kappa shape index (κ2) is 9.87. The fourth-order valence-electron chi connectivity index (χ4n) is 4.80. The molecule has 3 aromatic rings. The molecule has 186 valence electrons. The fraction of sp³-hybridized carbons (Fsp3) is 0.296. The number of anilines is 1. The number of carbonyl (C=O) groups is 3. The van der Waals surface area contributed by atoms with Gasteiger partial charge < -0.3 is 24.1 Å². The predicted octanol–water partition coefficient (Wildman–Crippen LogP) is 3.40. The van der Waals surface area contributed by atoms with Gasteiger partial charge >= 0.3 is 0 Å². The molecule has 3 heterocycles. The van der Waals surface area contributed by atoms with Crippen molar-refractivity contribution >= 4 is 23.4 Å². The molecule has 0 saturated carbocycles. The fourth-order valence-corrected chi connectivity index (χ4v) is 4.80. The van der Waals surface area contributed by atoms with Crippen LogP contribution in [-0.2, 0) is 9.53 Å². The third-order valence-electron chi connectivity index (χ3n) is 6.72. The monoisotopic (exact) mass is 489 g/mol. The number of nitrogens with one attached hydrogen (secondary N) is 1. The van der Waals surface area contributed by atoms with Gasteiger partial charge in [-0.05, 0) is 48.5 Å². The van der Waals surface area contributed by atoms with Crippen LogP contribution in [0.1, 0.15) is 33.8 Å². The van der Waals surface area contributed by atoms with Gasteiger partial charge in [-0.1, -0.05) is 18.2 Å². The van der Waals surface area contributed by atoms with Crippen molar-refractivity contribution in [2.75, 3.05) is 32.1 Å². The molecule has 3 amide bonds. The average Bonchev–Trinajstić information content (AvgIpc) is 3.58. The van der Waals surface area contributed by atoms with Gasteiger partial charge in [-0.25, -0.2) is 0 Å². The lowest BCUT2D eigenvalue weighted by molar-refractivity contribution is -0.123. The Labute approximate surface area is 208 Å². The van der Waals surface area contributed by atoms with Crippen molar-refractivity contribution in [1.82, 2.24) is 9.80 Å². The van der Waals surface area contributed by atoms with Crippen molar-refractivity contribution in [1.29, 1.82) is 0 Å². The highest BCUT2D eigenvalue weighted by Gasteiger charge is 2.54. The topological polar surface area (TPSA) is 101 Å². The van der Waals surface area contributed by atoms with Gasteiger partial charge in [0.1, 0.15) is 17.5 Å². The maximum atomic E-state index is 13.7. The molecule has 2 fully saturated rings. The number of rotatable bonds is 5. The highest BCUT2D eigenvalue weighted by molar-refractivity contribution is 6.02. The summed E-state index contributed by atoms with van der Waals surface area (Å²) in [7, 11) is 1.57. The third kappa shape index (κ3) is 4.45. The zero-order valence-corrected chi connectivity index (χ0v) is 19.9. The van der Waals surface area contributed by atoms with E-state index in [9.17, 15) is 14.4 Å². The summed E-state index contributed by atoms with van der Waals surface area (Å²) in [4.78, 5) is 43.1. The molecule has 0 aliphatic carbocycles. The quantitative estimate of drug-likeness (QED) is 0.590. The maximum Gasteiger partial charge on any atom is 0.289 e. The molecule has 1 aromatic heterocycles. The van der Waals surface area contributed by atoms with E-state index < -0.39 is 11.8 Å². The highest BCUT2D eigenvalue weighted by atomic mass is 16.5. The molecule has 5 rings (SSSR count). The number of ether oxygens (including phenoxy) is 2. The van der Waals surface area contributed by atoms with Gasteiger partial charge in [-0.3, -0.25) is 19.3 Å². The maximum absolute atomic E-state index is 13.7. The summed E-state index contributed by atoms with van der Waals surface area (Å²) in [6.07, 6.45) is 2.22. The zero-order chi connectivity index (χ0) is 25.1. The predicted molar refractivity (Wildman–Crippen MR) is 131 cm³/mol. The van der Waals surface area contributed by atoms with E-state index in [4.69, 9.17) is 13.9 Å². The Morgan fingerprint density at radius 1 is 0.944 bits per heavy atom. The standard InChI is InChI=1S/C27H27N3O6/c1-34-21-11-9-20(10-12-21)28-24(31)22-18-36-27(30(22)25(32)19-6-3-2-4-7-19)13-15-29(16-14-27)26(33)23-8-5-17-35-23/h2-12,17,22H,13-16,18H2,1H3,(H,28,31)/t22-/m1/s1. The SMILES string of the molecule is COc1ccc(NC(=O)[C@H]2COC3(CCN(C(=O)c4ccco4)CC3)N2C(=O)c2ccccc2)cc1. The van der Waals surface area contributed by atoms with Crippen molar-refractivity contribution in [2.45, 2.75) is 24.6 Å². The first-order valence-corrected chi connectivity index (χ1v) is 11.8. The molecule has 2 aliphatic rings. The molecule has 2 aromatic carbocycles. The van der Waals surface area contributed by atoms with E-state index in [0.717, 1.165) is 0 Å². The van der Waals surface area contributed by atoms with Crippen LogP contribution in [0, 0.1) is 0 Å². The van der Waals surface area contributed by atoms with Crippen molar-refractivity contribution in [2.24, 2.45) is 0 Å². The van der Waals surface area contributed by atoms with Crippen LogP contribution in [-0.4, -0.2) is 66.1 Å². The molecular weight excluding hydrogens is 462 g/mol. The van der Waals surface area contributed by atoms with Gasteiger partial charge in [0.05, 0.1) is 20.0 Å². The number of likely N-dealkylation sites (tertiary alicyclic amines) is 1. The summed E-state index contributed by atoms with van der Waals surface area (Å²) >= 11 is 0. The van der Waals surface area contributed by atoms with E-state index in [1.165, 1.54) is 6.26 Å². The lowest BCUT2D eigenvalue weighted by Crippen LogP contribution is -2.59. The Bertz CT molecular complexity index is 1220. The van der Waals surface area contributed by atoms with Crippen LogP contribution in [0.5, 0.6) is 5.75 Å². The number of piperidine rings is 1. The number of amides is 3. The number of hydrogen-bond acceptors (Lipinski definition) is 6. The van der Waals surface area contributed by atoms with Crippen LogP contribution in [0.2, 0.25) is 0 Å². The Morgan fingerprint density at radius 2 is 1.67 bits per heavy atom. The molecule has 36 heavy (non-hydrogen) atoms. The van der Waals surface area contributed by atoms with Crippen LogP contribution in [0.15, 0.2) is 77.4 Å². The van der Waals surface area contributed by atoms with Gasteiger partial charge in [-0.2, -0.15) is 0 Å². The molecule has 0 radical (unpaired) electrons. The lowest BCUT2D eigenvalue weighted by atomic mass is 9.96. The summed E-state index contributed by atoms with van der Waals surface area (Å²) in [5, 5.41) is 2.89. The molecular formula is C27H27N3O6. The number of hydrogen-bond donors (Lipinski definition) is 1. The lowest BCUT2D eigenvalue weighted by Gasteiger charge is -2.44. The van der Waals surface area contributed by atoms with Crippen LogP contribution in [0.25, 0.3) is 0 Å². The van der Waals surface area contributed by atoms with E-state index >= 15 is 0 Å². The molecule has 1 N–H and O–H groups in total. The number of nitrogens with zero attached hydrogens (tertiary/aromatic N) is 2. The number of carbonyl (C=O) groups excluding carboxylic acids is 3. The highest BCUT2D eigenvalue weighted by Crippen LogP contribution is 2.39. The van der Waals surface area contributed by atoms with E-state index in [1.807, 2.05) is 6.07 Å². The smallest absolute Gasteiger partial charge is 0.289 e. The molecule has 9 heteroatoms. The van der Waals surface area contributed by atoms with Crippen molar-refractivity contribution in [3.05, 3.63) is 84.3 Å². The first kappa shape index (κ1) is 23.6. The molecule has 1 spiro atoms. The van der Waals surface area contributed by atoms with Gasteiger partial charge in [0.15, 0.2) is 5.76 Å². The van der Waals surface area contributed by atoms with Crippen LogP contribution in [0.3, 0.4) is 0 Å². The molecule has 2 aliphatic heterocycles. The summed E-state index contributed by atoms with van der Waals surface area (Å²) in [5.74, 6) is 0.118. The van der Waals surface area contributed by atoms with E-state index in [0.29, 0.717) is 42.9 Å². The van der Waals surface area contributed by atoms with Gasteiger partial charge in [-0.15, -0.1) is 0 Å². The average molecular weight is 490 g/mol. The molecule has 9 nitrogen and oxygen atoms in total. The first-order chi connectivity index (χ1) is 17.5. The molecule has 2 saturated heterocycles. The largest absolute Gasteiger partial charge is 0.497 e. The first-order valence-electron chi connectivity index (χ1n) is 11.8. The Kier molecular flexibility index (Phi) is 6.47.